The van der Waals surface area contributed by atoms with Crippen LogP contribution in [0.3, 0.4) is 0 Å². The summed E-state index contributed by atoms with van der Waals surface area (Å²) >= 11 is 0. The van der Waals surface area contributed by atoms with Crippen molar-refractivity contribution in [1.82, 2.24) is 0 Å². The van der Waals surface area contributed by atoms with Crippen LogP contribution in [0.25, 0.3) is 6.08 Å². The fourth-order valence-electron chi connectivity index (χ4n) is 2.79. The van der Waals surface area contributed by atoms with Crippen molar-refractivity contribution in [2.75, 3.05) is 0 Å². The van der Waals surface area contributed by atoms with Gasteiger partial charge in [0, 0.05) is 0 Å². The Kier molecular flexibility index (Phi) is 9.30. The van der Waals surface area contributed by atoms with E-state index in [0.717, 1.165) is 0 Å². The minimum absolute atomic E-state index is 0.665. The van der Waals surface area contributed by atoms with Crippen LogP contribution in [0.2, 0.25) is 0 Å². The summed E-state index contributed by atoms with van der Waals surface area (Å²) in [5.41, 5.74) is 3.97. The van der Waals surface area contributed by atoms with E-state index in [1.54, 1.807) is 0 Å². The minimum Gasteiger partial charge on any atom is -0.0956 e. The van der Waals surface area contributed by atoms with Crippen LogP contribution in [0.15, 0.2) is 60.2 Å². The second-order valence-electron chi connectivity index (χ2n) is 6.38. The van der Waals surface area contributed by atoms with Crippen LogP contribution in [0, 0.1) is 5.92 Å². The van der Waals surface area contributed by atoms with E-state index in [4.69, 9.17) is 0 Å². The van der Waals surface area contributed by atoms with E-state index < -0.39 is 0 Å². The Balaban J connectivity index is 2.30. The lowest BCUT2D eigenvalue weighted by molar-refractivity contribution is 0.492. The first-order valence-electron chi connectivity index (χ1n) is 8.68. The van der Waals surface area contributed by atoms with E-state index >= 15 is 0 Å². The average Bonchev–Trinajstić information content (AvgIpc) is 2.50. The zero-order valence-electron chi connectivity index (χ0n) is 14.6. The van der Waals surface area contributed by atoms with Crippen LogP contribution in [0.1, 0.15) is 64.9 Å². The Bertz CT molecular complexity index is 472. The summed E-state index contributed by atoms with van der Waals surface area (Å²) in [6.07, 6.45) is 14.3. The highest BCUT2D eigenvalue weighted by Crippen LogP contribution is 2.24. The third kappa shape index (κ3) is 8.02. The van der Waals surface area contributed by atoms with Crippen molar-refractivity contribution in [3.63, 3.8) is 0 Å². The standard InChI is InChI=1S/C22H32/c1-5-13-22(20(4)18-19(2)3)17-12-7-6-9-14-21-15-10-8-11-16-21/h8-11,14-16,18,22H,4-7,12-13,17H2,1-3H3/b14-9+. The number of rotatable bonds is 10. The second-order valence-corrected chi connectivity index (χ2v) is 6.38. The molecule has 0 amide bonds. The van der Waals surface area contributed by atoms with Gasteiger partial charge in [0.25, 0.3) is 0 Å². The molecule has 0 heterocycles. The van der Waals surface area contributed by atoms with E-state index in [2.05, 4.69) is 75.9 Å². The predicted octanol–water partition coefficient (Wildman–Crippen LogP) is 7.20. The Morgan fingerprint density at radius 1 is 1.09 bits per heavy atom. The highest BCUT2D eigenvalue weighted by molar-refractivity contribution is 5.48. The maximum Gasteiger partial charge on any atom is -0.0168 e. The molecule has 0 aromatic heterocycles. The molecule has 1 rings (SSSR count). The highest BCUT2D eigenvalue weighted by Gasteiger charge is 2.09. The van der Waals surface area contributed by atoms with Crippen molar-refractivity contribution in [3.8, 4) is 0 Å². The first kappa shape index (κ1) is 18.5. The van der Waals surface area contributed by atoms with Crippen LogP contribution < -0.4 is 0 Å². The molecular weight excluding hydrogens is 264 g/mol. The molecule has 0 fully saturated rings. The number of hydrogen-bond acceptors (Lipinski definition) is 0. The molecule has 0 spiro atoms. The van der Waals surface area contributed by atoms with Gasteiger partial charge in [-0.3, -0.25) is 0 Å². The number of unbranched alkanes of at least 4 members (excludes halogenated alkanes) is 2. The van der Waals surface area contributed by atoms with Gasteiger partial charge in [0.15, 0.2) is 0 Å². The predicted molar refractivity (Wildman–Crippen MR) is 101 cm³/mol. The van der Waals surface area contributed by atoms with Crippen LogP contribution in [0.4, 0.5) is 0 Å². The molecule has 0 heteroatoms. The van der Waals surface area contributed by atoms with Crippen LogP contribution in [-0.4, -0.2) is 0 Å². The Morgan fingerprint density at radius 2 is 1.82 bits per heavy atom. The Hall–Kier alpha value is -1.56. The van der Waals surface area contributed by atoms with Crippen molar-refractivity contribution in [3.05, 3.63) is 65.8 Å². The molecule has 1 aromatic carbocycles. The monoisotopic (exact) mass is 296 g/mol. The molecule has 1 unspecified atom stereocenters. The zero-order chi connectivity index (χ0) is 16.2. The zero-order valence-corrected chi connectivity index (χ0v) is 14.6. The quantitative estimate of drug-likeness (QED) is 0.316. The van der Waals surface area contributed by atoms with E-state index in [-0.39, 0.29) is 0 Å². The molecule has 0 aliphatic rings. The van der Waals surface area contributed by atoms with Gasteiger partial charge in [0.05, 0.1) is 0 Å². The summed E-state index contributed by atoms with van der Waals surface area (Å²) < 4.78 is 0. The molecule has 0 N–H and O–H groups in total. The van der Waals surface area contributed by atoms with Gasteiger partial charge < -0.3 is 0 Å². The lowest BCUT2D eigenvalue weighted by atomic mass is 9.89. The van der Waals surface area contributed by atoms with Crippen molar-refractivity contribution < 1.29 is 0 Å². The maximum absolute atomic E-state index is 4.28. The Labute approximate surface area is 137 Å². The number of hydrogen-bond donors (Lipinski definition) is 0. The fourth-order valence-corrected chi connectivity index (χ4v) is 2.79. The van der Waals surface area contributed by atoms with Gasteiger partial charge in [-0.05, 0) is 51.0 Å². The number of benzene rings is 1. The summed E-state index contributed by atoms with van der Waals surface area (Å²) in [5, 5.41) is 0. The van der Waals surface area contributed by atoms with Gasteiger partial charge in [-0.25, -0.2) is 0 Å². The molecule has 0 saturated heterocycles. The van der Waals surface area contributed by atoms with Crippen LogP contribution in [-0.2, 0) is 0 Å². The van der Waals surface area contributed by atoms with Gasteiger partial charge in [-0.1, -0.05) is 86.1 Å². The molecule has 0 aliphatic heterocycles. The number of allylic oxidation sites excluding steroid dienone is 4. The molecule has 0 saturated carbocycles. The molecule has 0 nitrogen and oxygen atoms in total. The van der Waals surface area contributed by atoms with E-state index in [9.17, 15) is 0 Å². The first-order valence-corrected chi connectivity index (χ1v) is 8.68. The van der Waals surface area contributed by atoms with Crippen molar-refractivity contribution in [2.24, 2.45) is 5.92 Å². The molecule has 120 valence electrons. The van der Waals surface area contributed by atoms with Crippen molar-refractivity contribution >= 4 is 6.08 Å². The lowest BCUT2D eigenvalue weighted by Crippen LogP contribution is -2.02. The smallest absolute Gasteiger partial charge is 0.0168 e. The summed E-state index contributed by atoms with van der Waals surface area (Å²) in [5.74, 6) is 0.665. The molecule has 1 atom stereocenters. The summed E-state index contributed by atoms with van der Waals surface area (Å²) in [4.78, 5) is 0. The largest absolute Gasteiger partial charge is 0.0956 e. The first-order chi connectivity index (χ1) is 10.6. The van der Waals surface area contributed by atoms with E-state index in [1.807, 2.05) is 0 Å². The van der Waals surface area contributed by atoms with Crippen LogP contribution >= 0.6 is 0 Å². The topological polar surface area (TPSA) is 0 Å². The van der Waals surface area contributed by atoms with Gasteiger partial charge >= 0.3 is 0 Å². The van der Waals surface area contributed by atoms with E-state index in [1.165, 1.54) is 55.2 Å². The van der Waals surface area contributed by atoms with Gasteiger partial charge in [0.2, 0.25) is 0 Å². The third-order valence-electron chi connectivity index (χ3n) is 3.92. The molecular formula is C22H32. The SMILES string of the molecule is C=C(C=C(C)C)C(CCC)CCCC/C=C/c1ccccc1. The normalized spacial score (nSPS) is 12.3. The minimum atomic E-state index is 0.665. The second kappa shape index (κ2) is 11.1. The van der Waals surface area contributed by atoms with Gasteiger partial charge in [-0.15, -0.1) is 0 Å². The molecule has 22 heavy (non-hydrogen) atoms. The maximum atomic E-state index is 4.28. The fraction of sp³-hybridized carbons (Fsp3) is 0.455. The third-order valence-corrected chi connectivity index (χ3v) is 3.92. The van der Waals surface area contributed by atoms with Crippen molar-refractivity contribution in [1.29, 1.82) is 0 Å². The Morgan fingerprint density at radius 3 is 2.45 bits per heavy atom. The highest BCUT2D eigenvalue weighted by atomic mass is 14.1. The van der Waals surface area contributed by atoms with E-state index in [0.29, 0.717) is 5.92 Å². The van der Waals surface area contributed by atoms with Crippen molar-refractivity contribution in [2.45, 2.75) is 59.3 Å². The van der Waals surface area contributed by atoms with Crippen LogP contribution in [0.5, 0.6) is 0 Å². The summed E-state index contributed by atoms with van der Waals surface area (Å²) in [6.45, 7) is 10.9. The van der Waals surface area contributed by atoms with Gasteiger partial charge in [0.1, 0.15) is 0 Å². The average molecular weight is 296 g/mol. The lowest BCUT2D eigenvalue weighted by Gasteiger charge is -2.17. The molecule has 1 aromatic rings. The molecule has 0 aliphatic carbocycles. The van der Waals surface area contributed by atoms with Gasteiger partial charge in [-0.2, -0.15) is 0 Å². The summed E-state index contributed by atoms with van der Waals surface area (Å²) in [7, 11) is 0. The molecule has 0 bridgehead atoms. The summed E-state index contributed by atoms with van der Waals surface area (Å²) in [6, 6.07) is 10.5. The molecule has 0 radical (unpaired) electrons.